The van der Waals surface area contributed by atoms with Crippen molar-refractivity contribution >= 4 is 40.6 Å². The van der Waals surface area contributed by atoms with Crippen molar-refractivity contribution in [2.24, 2.45) is 5.10 Å². The van der Waals surface area contributed by atoms with E-state index in [-0.39, 0.29) is 11.7 Å². The number of hydrogen-bond acceptors (Lipinski definition) is 4. The first-order valence-electron chi connectivity index (χ1n) is 4.97. The number of rotatable bonds is 4. The Hall–Kier alpha value is -1.26. The molecule has 1 rings (SSSR count). The van der Waals surface area contributed by atoms with Gasteiger partial charge in [-0.1, -0.05) is 23.2 Å². The maximum atomic E-state index is 11.1. The van der Waals surface area contributed by atoms with E-state index in [0.29, 0.717) is 22.3 Å². The number of benzene rings is 1. The van der Waals surface area contributed by atoms with E-state index in [1.807, 2.05) is 0 Å². The van der Waals surface area contributed by atoms with E-state index < -0.39 is 0 Å². The second-order valence-corrected chi connectivity index (χ2v) is 3.99. The van der Waals surface area contributed by atoms with Crippen molar-refractivity contribution in [3.05, 3.63) is 28.2 Å². The summed E-state index contributed by atoms with van der Waals surface area (Å²) in [6.07, 6.45) is 0. The van der Waals surface area contributed by atoms with E-state index >= 15 is 0 Å². The van der Waals surface area contributed by atoms with Gasteiger partial charge in [-0.05, 0) is 25.1 Å². The molecule has 0 spiro atoms. The molecule has 0 bridgehead atoms. The van der Waals surface area contributed by atoms with E-state index in [2.05, 4.69) is 10.5 Å². The van der Waals surface area contributed by atoms with Gasteiger partial charge in [0.2, 0.25) is 5.78 Å². The predicted molar refractivity (Wildman–Crippen MR) is 69.8 cm³/mol. The van der Waals surface area contributed by atoms with Gasteiger partial charge in [-0.3, -0.25) is 10.2 Å². The normalized spacial score (nSPS) is 11.2. The van der Waals surface area contributed by atoms with Crippen molar-refractivity contribution in [3.8, 4) is 0 Å². The molecular formula is C11H12Cl2N2O2. The summed E-state index contributed by atoms with van der Waals surface area (Å²) in [6, 6.07) is 4.91. The minimum absolute atomic E-state index is 0.0125. The van der Waals surface area contributed by atoms with Crippen LogP contribution in [0.1, 0.15) is 13.8 Å². The highest BCUT2D eigenvalue weighted by molar-refractivity contribution is 6.37. The lowest BCUT2D eigenvalue weighted by molar-refractivity contribution is -0.112. The second-order valence-electron chi connectivity index (χ2n) is 3.14. The van der Waals surface area contributed by atoms with Crippen molar-refractivity contribution in [2.75, 3.05) is 12.0 Å². The van der Waals surface area contributed by atoms with Gasteiger partial charge in [-0.25, -0.2) is 0 Å². The number of ketones is 1. The quantitative estimate of drug-likeness (QED) is 0.521. The maximum Gasteiger partial charge on any atom is 0.274 e. The largest absolute Gasteiger partial charge is 0.474 e. The number of anilines is 1. The topological polar surface area (TPSA) is 50.7 Å². The number of nitrogens with zero attached hydrogens (tertiary/aromatic N) is 1. The van der Waals surface area contributed by atoms with Gasteiger partial charge >= 0.3 is 0 Å². The zero-order valence-electron chi connectivity index (χ0n) is 9.46. The standard InChI is InChI=1S/C11H12Cl2N2O2/c1-3-17-11(7(2)16)15-14-10-5-4-8(12)6-9(10)13/h4-6,14H,3H2,1-2H3. The van der Waals surface area contributed by atoms with Gasteiger partial charge in [0.15, 0.2) is 0 Å². The highest BCUT2D eigenvalue weighted by Gasteiger charge is 2.07. The first-order valence-corrected chi connectivity index (χ1v) is 5.72. The summed E-state index contributed by atoms with van der Waals surface area (Å²) >= 11 is 11.7. The monoisotopic (exact) mass is 274 g/mol. The first kappa shape index (κ1) is 13.8. The zero-order valence-corrected chi connectivity index (χ0v) is 11.0. The third-order valence-electron chi connectivity index (χ3n) is 1.79. The van der Waals surface area contributed by atoms with Crippen LogP contribution < -0.4 is 5.43 Å². The van der Waals surface area contributed by atoms with E-state index in [1.54, 1.807) is 25.1 Å². The molecule has 0 saturated heterocycles. The van der Waals surface area contributed by atoms with Crippen LogP contribution in [0.4, 0.5) is 5.69 Å². The van der Waals surface area contributed by atoms with Gasteiger partial charge in [-0.2, -0.15) is 0 Å². The molecule has 0 aliphatic heterocycles. The number of nitrogens with one attached hydrogen (secondary N) is 1. The minimum Gasteiger partial charge on any atom is -0.474 e. The molecule has 1 aromatic carbocycles. The van der Waals surface area contributed by atoms with Crippen LogP contribution >= 0.6 is 23.2 Å². The lowest BCUT2D eigenvalue weighted by Gasteiger charge is -2.06. The summed E-state index contributed by atoms with van der Waals surface area (Å²) in [5.74, 6) is -0.247. The molecule has 0 radical (unpaired) electrons. The summed E-state index contributed by atoms with van der Waals surface area (Å²) in [4.78, 5) is 11.1. The van der Waals surface area contributed by atoms with Crippen LogP contribution in [0.5, 0.6) is 0 Å². The Labute approximate surface area is 110 Å². The van der Waals surface area contributed by atoms with Gasteiger partial charge in [0.25, 0.3) is 5.90 Å². The fourth-order valence-corrected chi connectivity index (χ4v) is 1.49. The van der Waals surface area contributed by atoms with Crippen LogP contribution in [0.25, 0.3) is 0 Å². The Morgan fingerprint density at radius 3 is 2.71 bits per heavy atom. The summed E-state index contributed by atoms with van der Waals surface area (Å²) < 4.78 is 5.06. The maximum absolute atomic E-state index is 11.1. The minimum atomic E-state index is -0.260. The first-order chi connectivity index (χ1) is 8.04. The Morgan fingerprint density at radius 1 is 1.47 bits per heavy atom. The summed E-state index contributed by atoms with van der Waals surface area (Å²) in [7, 11) is 0. The molecule has 0 fully saturated rings. The highest BCUT2D eigenvalue weighted by atomic mass is 35.5. The van der Waals surface area contributed by atoms with Gasteiger partial charge in [0.05, 0.1) is 17.3 Å². The summed E-state index contributed by atoms with van der Waals surface area (Å²) in [5, 5.41) is 4.79. The van der Waals surface area contributed by atoms with Crippen molar-refractivity contribution in [3.63, 3.8) is 0 Å². The van der Waals surface area contributed by atoms with Crippen molar-refractivity contribution in [1.82, 2.24) is 0 Å². The highest BCUT2D eigenvalue weighted by Crippen LogP contribution is 2.25. The SMILES string of the molecule is CCOC(=NNc1ccc(Cl)cc1Cl)C(C)=O. The van der Waals surface area contributed by atoms with E-state index in [4.69, 9.17) is 27.9 Å². The van der Waals surface area contributed by atoms with E-state index in [1.165, 1.54) is 6.92 Å². The Kier molecular flexibility index (Phi) is 5.25. The van der Waals surface area contributed by atoms with Crippen molar-refractivity contribution in [1.29, 1.82) is 0 Å². The molecule has 92 valence electrons. The van der Waals surface area contributed by atoms with Crippen LogP contribution in [0.15, 0.2) is 23.3 Å². The number of hydrogen-bond donors (Lipinski definition) is 1. The fraction of sp³-hybridized carbons (Fsp3) is 0.273. The lowest BCUT2D eigenvalue weighted by atomic mass is 10.3. The molecule has 0 aromatic heterocycles. The Balaban J connectivity index is 2.83. The van der Waals surface area contributed by atoms with Crippen LogP contribution in [-0.2, 0) is 9.53 Å². The summed E-state index contributed by atoms with van der Waals surface area (Å²) in [6.45, 7) is 3.52. The van der Waals surface area contributed by atoms with Crippen LogP contribution in [0.2, 0.25) is 10.0 Å². The Morgan fingerprint density at radius 2 is 2.18 bits per heavy atom. The van der Waals surface area contributed by atoms with Gasteiger partial charge in [-0.15, -0.1) is 5.10 Å². The smallest absolute Gasteiger partial charge is 0.274 e. The van der Waals surface area contributed by atoms with E-state index in [0.717, 1.165) is 0 Å². The van der Waals surface area contributed by atoms with Gasteiger partial charge in [0, 0.05) is 11.9 Å². The molecule has 0 saturated carbocycles. The zero-order chi connectivity index (χ0) is 12.8. The van der Waals surface area contributed by atoms with Gasteiger partial charge in [0.1, 0.15) is 0 Å². The lowest BCUT2D eigenvalue weighted by Crippen LogP contribution is -2.16. The Bertz CT molecular complexity index is 447. The molecule has 0 amide bonds. The molecule has 6 heteroatoms. The van der Waals surface area contributed by atoms with Crippen LogP contribution in [-0.4, -0.2) is 18.3 Å². The number of ether oxygens (including phenoxy) is 1. The predicted octanol–water partition coefficient (Wildman–Crippen LogP) is 3.34. The third kappa shape index (κ3) is 4.24. The molecule has 0 atom stereocenters. The number of Topliss-reactive ketones (excluding diaryl/α,β-unsaturated/α-hetero) is 1. The number of hydrazone groups is 1. The molecule has 0 unspecified atom stereocenters. The molecular weight excluding hydrogens is 263 g/mol. The van der Waals surface area contributed by atoms with Crippen LogP contribution in [0, 0.1) is 0 Å². The molecule has 1 N–H and O–H groups in total. The average molecular weight is 275 g/mol. The van der Waals surface area contributed by atoms with Crippen molar-refractivity contribution in [2.45, 2.75) is 13.8 Å². The molecule has 4 nitrogen and oxygen atoms in total. The fourth-order valence-electron chi connectivity index (χ4n) is 1.04. The van der Waals surface area contributed by atoms with E-state index in [9.17, 15) is 4.79 Å². The van der Waals surface area contributed by atoms with Crippen molar-refractivity contribution < 1.29 is 9.53 Å². The van der Waals surface area contributed by atoms with Gasteiger partial charge < -0.3 is 4.74 Å². The molecule has 0 heterocycles. The van der Waals surface area contributed by atoms with Crippen LogP contribution in [0.3, 0.4) is 0 Å². The molecule has 0 aliphatic carbocycles. The second kappa shape index (κ2) is 6.47. The third-order valence-corrected chi connectivity index (χ3v) is 2.34. The number of carbonyl (C=O) groups is 1. The molecule has 0 aliphatic rings. The molecule has 17 heavy (non-hydrogen) atoms. The average Bonchev–Trinajstić information content (AvgIpc) is 2.25. The summed E-state index contributed by atoms with van der Waals surface area (Å²) in [5.41, 5.74) is 3.21. The number of halogens is 2. The molecule has 1 aromatic rings. The number of carbonyl (C=O) groups excluding carboxylic acids is 1.